The Kier molecular flexibility index (Phi) is 5.93. The third-order valence-corrected chi connectivity index (χ3v) is 5.84. The van der Waals surface area contributed by atoms with Crippen molar-refractivity contribution in [2.24, 2.45) is 5.92 Å². The number of ether oxygens (including phenoxy) is 1. The first-order chi connectivity index (χ1) is 11.5. The molecule has 1 aromatic heterocycles. The lowest BCUT2D eigenvalue weighted by atomic mass is 10.0. The van der Waals surface area contributed by atoms with E-state index in [4.69, 9.17) is 16.3 Å². The van der Waals surface area contributed by atoms with Gasteiger partial charge in [-0.1, -0.05) is 11.6 Å². The second-order valence-electron chi connectivity index (χ2n) is 7.34. The molecule has 7 nitrogen and oxygen atoms in total. The minimum atomic E-state index is -3.67. The summed E-state index contributed by atoms with van der Waals surface area (Å²) in [5.41, 5.74) is 0.0390. The molecular weight excluding hydrogens is 366 g/mol. The number of hydrogen-bond acceptors (Lipinski definition) is 6. The number of aromatic nitrogens is 2. The third-order valence-electron chi connectivity index (χ3n) is 3.79. The van der Waals surface area contributed by atoms with E-state index in [-0.39, 0.29) is 22.0 Å². The quantitative estimate of drug-likeness (QED) is 0.583. The topological polar surface area (TPSA) is 89.5 Å². The second kappa shape index (κ2) is 7.45. The van der Waals surface area contributed by atoms with Crippen LogP contribution < -0.4 is 0 Å². The predicted octanol–water partition coefficient (Wildman–Crippen LogP) is 2.86. The van der Waals surface area contributed by atoms with Crippen molar-refractivity contribution in [3.63, 3.8) is 0 Å². The van der Waals surface area contributed by atoms with Crippen LogP contribution in [0.1, 0.15) is 39.2 Å². The van der Waals surface area contributed by atoms with Crippen LogP contribution in [0.15, 0.2) is 11.4 Å². The Morgan fingerprint density at radius 1 is 1.44 bits per heavy atom. The molecule has 1 aliphatic heterocycles. The summed E-state index contributed by atoms with van der Waals surface area (Å²) in [6, 6.07) is 0. The highest BCUT2D eigenvalue weighted by Gasteiger charge is 2.31. The molecule has 140 valence electrons. The number of carbonyl (C=O) groups excluding carboxylic acids is 1. The largest absolute Gasteiger partial charge is 0.444 e. The summed E-state index contributed by atoms with van der Waals surface area (Å²) in [5, 5.41) is -0.134. The van der Waals surface area contributed by atoms with Gasteiger partial charge in [0, 0.05) is 24.8 Å². The fourth-order valence-corrected chi connectivity index (χ4v) is 4.30. The SMILES string of the molecule is Cc1cnc(S(=O)(=O)C[C@H]2CCCN(C(=O)OC(C)(C)C)C2)nc1Cl. The Bertz CT molecular complexity index is 746. The summed E-state index contributed by atoms with van der Waals surface area (Å²) < 4.78 is 30.5. The molecule has 2 heterocycles. The van der Waals surface area contributed by atoms with Crippen LogP contribution in [0.4, 0.5) is 4.79 Å². The normalized spacial score (nSPS) is 18.9. The molecule has 25 heavy (non-hydrogen) atoms. The van der Waals surface area contributed by atoms with Gasteiger partial charge in [0.1, 0.15) is 10.8 Å². The van der Waals surface area contributed by atoms with Crippen LogP contribution in [0.2, 0.25) is 5.15 Å². The molecule has 1 saturated heterocycles. The van der Waals surface area contributed by atoms with Crippen LogP contribution in [-0.2, 0) is 14.6 Å². The molecule has 2 rings (SSSR count). The van der Waals surface area contributed by atoms with Gasteiger partial charge in [0.15, 0.2) is 0 Å². The number of piperidine rings is 1. The number of rotatable bonds is 3. The Labute approximate surface area is 153 Å². The maximum atomic E-state index is 12.6. The zero-order valence-corrected chi connectivity index (χ0v) is 16.5. The van der Waals surface area contributed by atoms with Gasteiger partial charge in [0.25, 0.3) is 0 Å². The standard InChI is InChI=1S/C16H24ClN3O4S/c1-11-8-18-14(19-13(11)17)25(22,23)10-12-6-5-7-20(9-12)15(21)24-16(2,3)4/h8,12H,5-7,9-10H2,1-4H3/t12-/m0/s1. The van der Waals surface area contributed by atoms with Crippen molar-refractivity contribution >= 4 is 27.5 Å². The first-order valence-corrected chi connectivity index (χ1v) is 10.2. The van der Waals surface area contributed by atoms with Crippen LogP contribution in [0.5, 0.6) is 0 Å². The van der Waals surface area contributed by atoms with Gasteiger partial charge in [0.2, 0.25) is 15.0 Å². The summed E-state index contributed by atoms with van der Waals surface area (Å²) in [6.45, 7) is 8.02. The van der Waals surface area contributed by atoms with Crippen molar-refractivity contribution < 1.29 is 17.9 Å². The van der Waals surface area contributed by atoms with Crippen molar-refractivity contribution in [1.82, 2.24) is 14.9 Å². The first-order valence-electron chi connectivity index (χ1n) is 8.18. The molecule has 9 heteroatoms. The minimum absolute atomic E-state index is 0.119. The highest BCUT2D eigenvalue weighted by Crippen LogP contribution is 2.23. The lowest BCUT2D eigenvalue weighted by Crippen LogP contribution is -2.44. The van der Waals surface area contributed by atoms with E-state index in [1.54, 1.807) is 32.6 Å². The van der Waals surface area contributed by atoms with Crippen LogP contribution in [-0.4, -0.2) is 53.8 Å². The van der Waals surface area contributed by atoms with Crippen LogP contribution in [0, 0.1) is 12.8 Å². The number of sulfone groups is 1. The molecular formula is C16H24ClN3O4S. The number of hydrogen-bond donors (Lipinski definition) is 0. The van der Waals surface area contributed by atoms with E-state index < -0.39 is 21.5 Å². The molecule has 0 unspecified atom stereocenters. The lowest BCUT2D eigenvalue weighted by Gasteiger charge is -2.33. The molecule has 1 aliphatic rings. The second-order valence-corrected chi connectivity index (χ2v) is 9.63. The molecule has 1 aromatic rings. The van der Waals surface area contributed by atoms with E-state index in [0.717, 1.165) is 12.8 Å². The number of aryl methyl sites for hydroxylation is 1. The van der Waals surface area contributed by atoms with E-state index in [1.165, 1.54) is 6.20 Å². The van der Waals surface area contributed by atoms with Crippen molar-refractivity contribution in [2.45, 2.75) is 51.3 Å². The molecule has 1 fully saturated rings. The van der Waals surface area contributed by atoms with Crippen molar-refractivity contribution in [3.8, 4) is 0 Å². The van der Waals surface area contributed by atoms with Gasteiger partial charge in [-0.3, -0.25) is 0 Å². The molecule has 1 atom stereocenters. The van der Waals surface area contributed by atoms with Gasteiger partial charge in [-0.2, -0.15) is 0 Å². The highest BCUT2D eigenvalue weighted by atomic mass is 35.5. The molecule has 0 aliphatic carbocycles. The Morgan fingerprint density at radius 2 is 2.12 bits per heavy atom. The monoisotopic (exact) mass is 389 g/mol. The van der Waals surface area contributed by atoms with E-state index in [0.29, 0.717) is 18.7 Å². The maximum absolute atomic E-state index is 12.6. The van der Waals surface area contributed by atoms with E-state index in [1.807, 2.05) is 0 Å². The van der Waals surface area contributed by atoms with E-state index >= 15 is 0 Å². The van der Waals surface area contributed by atoms with E-state index in [2.05, 4.69) is 9.97 Å². The zero-order chi connectivity index (χ0) is 18.8. The summed E-state index contributed by atoms with van der Waals surface area (Å²) in [4.78, 5) is 21.5. The molecule has 0 N–H and O–H groups in total. The molecule has 0 aromatic carbocycles. The molecule has 0 saturated carbocycles. The Hall–Kier alpha value is -1.41. The summed E-state index contributed by atoms with van der Waals surface area (Å²) in [7, 11) is -3.67. The number of carbonyl (C=O) groups is 1. The van der Waals surface area contributed by atoms with Gasteiger partial charge < -0.3 is 9.64 Å². The summed E-state index contributed by atoms with van der Waals surface area (Å²) in [5.74, 6) is -0.305. The predicted molar refractivity (Wildman–Crippen MR) is 94.4 cm³/mol. The third kappa shape index (κ3) is 5.54. The van der Waals surface area contributed by atoms with Crippen molar-refractivity contribution in [1.29, 1.82) is 0 Å². The van der Waals surface area contributed by atoms with Gasteiger partial charge in [0.05, 0.1) is 5.75 Å². The van der Waals surface area contributed by atoms with Crippen LogP contribution in [0.25, 0.3) is 0 Å². The zero-order valence-electron chi connectivity index (χ0n) is 15.0. The summed E-state index contributed by atoms with van der Waals surface area (Å²) in [6.07, 6.45) is 2.44. The average molecular weight is 390 g/mol. The molecule has 0 radical (unpaired) electrons. The Morgan fingerprint density at radius 3 is 2.72 bits per heavy atom. The van der Waals surface area contributed by atoms with Crippen molar-refractivity contribution in [2.75, 3.05) is 18.8 Å². The fraction of sp³-hybridized carbons (Fsp3) is 0.688. The molecule has 1 amide bonds. The number of nitrogens with zero attached hydrogens (tertiary/aromatic N) is 3. The highest BCUT2D eigenvalue weighted by molar-refractivity contribution is 7.91. The van der Waals surface area contributed by atoms with Gasteiger partial charge in [-0.15, -0.1) is 0 Å². The Balaban J connectivity index is 2.06. The lowest BCUT2D eigenvalue weighted by molar-refractivity contribution is 0.0176. The van der Waals surface area contributed by atoms with E-state index in [9.17, 15) is 13.2 Å². The number of amides is 1. The average Bonchev–Trinajstić information content (AvgIpc) is 2.48. The smallest absolute Gasteiger partial charge is 0.410 e. The van der Waals surface area contributed by atoms with Gasteiger partial charge in [-0.25, -0.2) is 23.2 Å². The van der Waals surface area contributed by atoms with Gasteiger partial charge in [-0.05, 0) is 46.5 Å². The van der Waals surface area contributed by atoms with Gasteiger partial charge >= 0.3 is 6.09 Å². The van der Waals surface area contributed by atoms with Crippen molar-refractivity contribution in [3.05, 3.63) is 16.9 Å². The first kappa shape index (κ1) is 19.9. The number of likely N-dealkylation sites (tertiary alicyclic amines) is 1. The number of halogens is 1. The minimum Gasteiger partial charge on any atom is -0.444 e. The van der Waals surface area contributed by atoms with Crippen LogP contribution in [0.3, 0.4) is 0 Å². The van der Waals surface area contributed by atoms with Crippen LogP contribution >= 0.6 is 11.6 Å². The maximum Gasteiger partial charge on any atom is 0.410 e. The summed E-state index contributed by atoms with van der Waals surface area (Å²) >= 11 is 5.90. The fourth-order valence-electron chi connectivity index (χ4n) is 2.63. The molecule has 0 spiro atoms. The molecule has 0 bridgehead atoms.